The van der Waals surface area contributed by atoms with Crippen LogP contribution in [0.5, 0.6) is 0 Å². The smallest absolute Gasteiger partial charge is 0.149 e. The summed E-state index contributed by atoms with van der Waals surface area (Å²) < 4.78 is 0. The summed E-state index contributed by atoms with van der Waals surface area (Å²) in [6.07, 6.45) is 3.98. The highest BCUT2D eigenvalue weighted by atomic mass is 16.1. The third-order valence-corrected chi connectivity index (χ3v) is 2.17. The lowest BCUT2D eigenvalue weighted by atomic mass is 10.0. The Bertz CT molecular complexity index is 132. The Morgan fingerprint density at radius 1 is 1.33 bits per heavy atom. The number of hydrogen-bond acceptors (Lipinski definition) is 2. The van der Waals surface area contributed by atoms with Gasteiger partial charge in [-0.3, -0.25) is 9.69 Å². The Hall–Kier alpha value is -0.370. The number of hydrogen-bond donors (Lipinski definition) is 0. The molecule has 0 aliphatic carbocycles. The summed E-state index contributed by atoms with van der Waals surface area (Å²) in [6, 6.07) is 0.148. The van der Waals surface area contributed by atoms with Gasteiger partial charge in [-0.25, -0.2) is 0 Å². The molecule has 0 heterocycles. The second-order valence-electron chi connectivity index (χ2n) is 3.44. The number of likely N-dealkylation sites (N-methyl/N-ethyl adjacent to an activating group) is 1. The van der Waals surface area contributed by atoms with E-state index >= 15 is 0 Å². The Morgan fingerprint density at radius 3 is 2.25 bits per heavy atom. The van der Waals surface area contributed by atoms with E-state index in [1.807, 2.05) is 25.9 Å². The highest BCUT2D eigenvalue weighted by Gasteiger charge is 2.17. The molecular weight excluding hydrogens is 150 g/mol. The quantitative estimate of drug-likeness (QED) is 0.610. The number of unbranched alkanes of at least 4 members (excludes halogenated alkanes) is 1. The van der Waals surface area contributed by atoms with Crippen LogP contribution in [0.15, 0.2) is 0 Å². The van der Waals surface area contributed by atoms with Crippen molar-refractivity contribution < 1.29 is 4.79 Å². The Balaban J connectivity index is 3.95. The number of rotatable bonds is 6. The zero-order valence-electron chi connectivity index (χ0n) is 8.76. The number of carbonyl (C=O) groups is 1. The maximum atomic E-state index is 11.4. The molecule has 0 fully saturated rings. The lowest BCUT2D eigenvalue weighted by Crippen LogP contribution is -2.35. The van der Waals surface area contributed by atoms with Gasteiger partial charge in [0.25, 0.3) is 0 Å². The Kier molecular flexibility index (Phi) is 5.99. The number of carbonyl (C=O) groups excluding carboxylic acids is 1. The second kappa shape index (κ2) is 6.18. The Labute approximate surface area is 75.9 Å². The highest BCUT2D eigenvalue weighted by molar-refractivity contribution is 5.83. The molecule has 0 aromatic carbocycles. The van der Waals surface area contributed by atoms with E-state index in [9.17, 15) is 4.79 Å². The lowest BCUT2D eigenvalue weighted by molar-refractivity contribution is -0.123. The first kappa shape index (κ1) is 11.6. The molecule has 2 nitrogen and oxygen atoms in total. The maximum Gasteiger partial charge on any atom is 0.149 e. The van der Waals surface area contributed by atoms with E-state index in [0.29, 0.717) is 12.2 Å². The molecule has 0 rings (SSSR count). The van der Waals surface area contributed by atoms with Gasteiger partial charge in [0.1, 0.15) is 5.78 Å². The van der Waals surface area contributed by atoms with Gasteiger partial charge in [-0.2, -0.15) is 0 Å². The van der Waals surface area contributed by atoms with Crippen molar-refractivity contribution in [2.45, 2.75) is 45.6 Å². The van der Waals surface area contributed by atoms with Crippen molar-refractivity contribution in [2.24, 2.45) is 0 Å². The van der Waals surface area contributed by atoms with Crippen molar-refractivity contribution in [1.82, 2.24) is 4.90 Å². The molecule has 0 amide bonds. The average molecular weight is 171 g/mol. The minimum Gasteiger partial charge on any atom is -0.300 e. The van der Waals surface area contributed by atoms with Crippen LogP contribution in [0.4, 0.5) is 0 Å². The van der Waals surface area contributed by atoms with E-state index in [-0.39, 0.29) is 6.04 Å². The van der Waals surface area contributed by atoms with Gasteiger partial charge in [-0.05, 0) is 20.5 Å². The summed E-state index contributed by atoms with van der Waals surface area (Å²) in [6.45, 7) is 4.09. The van der Waals surface area contributed by atoms with Crippen LogP contribution in [-0.4, -0.2) is 30.8 Å². The first-order valence-corrected chi connectivity index (χ1v) is 4.82. The van der Waals surface area contributed by atoms with Gasteiger partial charge in [0.05, 0.1) is 6.04 Å². The third-order valence-electron chi connectivity index (χ3n) is 2.17. The van der Waals surface area contributed by atoms with Gasteiger partial charge in [0, 0.05) is 6.42 Å². The number of nitrogens with zero attached hydrogens (tertiary/aromatic N) is 1. The normalized spacial score (nSPS) is 13.4. The molecule has 72 valence electrons. The van der Waals surface area contributed by atoms with Crippen LogP contribution < -0.4 is 0 Å². The first-order valence-electron chi connectivity index (χ1n) is 4.82. The molecule has 0 saturated carbocycles. The predicted octanol–water partition coefficient (Wildman–Crippen LogP) is 2.09. The summed E-state index contributed by atoms with van der Waals surface area (Å²) in [5, 5.41) is 0. The van der Waals surface area contributed by atoms with Crippen molar-refractivity contribution in [3.05, 3.63) is 0 Å². The molecule has 0 aliphatic heterocycles. The van der Waals surface area contributed by atoms with Crippen LogP contribution in [0.25, 0.3) is 0 Å². The molecule has 0 aliphatic rings. The van der Waals surface area contributed by atoms with Crippen LogP contribution in [-0.2, 0) is 4.79 Å². The van der Waals surface area contributed by atoms with E-state index in [4.69, 9.17) is 0 Å². The Morgan fingerprint density at radius 2 is 1.92 bits per heavy atom. The highest BCUT2D eigenvalue weighted by Crippen LogP contribution is 2.08. The molecule has 2 heteroatoms. The fourth-order valence-corrected chi connectivity index (χ4v) is 1.34. The molecule has 0 saturated heterocycles. The van der Waals surface area contributed by atoms with Crippen molar-refractivity contribution in [3.63, 3.8) is 0 Å². The SMILES string of the molecule is CCCCC(C(=O)CC)N(C)C. The van der Waals surface area contributed by atoms with E-state index < -0.39 is 0 Å². The molecule has 1 atom stereocenters. The molecule has 0 radical (unpaired) electrons. The maximum absolute atomic E-state index is 11.4. The molecule has 0 spiro atoms. The van der Waals surface area contributed by atoms with Gasteiger partial charge in [-0.15, -0.1) is 0 Å². The van der Waals surface area contributed by atoms with Crippen LogP contribution in [0.3, 0.4) is 0 Å². The second-order valence-corrected chi connectivity index (χ2v) is 3.44. The molecular formula is C10H21NO. The summed E-state index contributed by atoms with van der Waals surface area (Å²) in [5.74, 6) is 0.369. The average Bonchev–Trinajstić information content (AvgIpc) is 2.04. The molecule has 0 bridgehead atoms. The fraction of sp³-hybridized carbons (Fsp3) is 0.900. The van der Waals surface area contributed by atoms with Crippen LogP contribution in [0.2, 0.25) is 0 Å². The van der Waals surface area contributed by atoms with Gasteiger partial charge >= 0.3 is 0 Å². The number of ketones is 1. The van der Waals surface area contributed by atoms with Crippen molar-refractivity contribution >= 4 is 5.78 Å². The van der Waals surface area contributed by atoms with E-state index in [2.05, 4.69) is 6.92 Å². The summed E-state index contributed by atoms with van der Waals surface area (Å²) in [7, 11) is 3.96. The minimum absolute atomic E-state index is 0.148. The largest absolute Gasteiger partial charge is 0.300 e. The topological polar surface area (TPSA) is 20.3 Å². The molecule has 1 unspecified atom stereocenters. The van der Waals surface area contributed by atoms with Gasteiger partial charge in [0.2, 0.25) is 0 Å². The summed E-state index contributed by atoms with van der Waals surface area (Å²) in [5.41, 5.74) is 0. The van der Waals surface area contributed by atoms with Crippen molar-refractivity contribution in [3.8, 4) is 0 Å². The van der Waals surface area contributed by atoms with E-state index in [0.717, 1.165) is 12.8 Å². The minimum atomic E-state index is 0.148. The summed E-state index contributed by atoms with van der Waals surface area (Å²) in [4.78, 5) is 13.4. The van der Waals surface area contributed by atoms with Crippen molar-refractivity contribution in [1.29, 1.82) is 0 Å². The van der Waals surface area contributed by atoms with Gasteiger partial charge in [0.15, 0.2) is 0 Å². The molecule has 0 N–H and O–H groups in total. The standard InChI is InChI=1S/C10H21NO/c1-5-7-8-9(11(3)4)10(12)6-2/h9H,5-8H2,1-4H3. The number of Topliss-reactive ketones (excluding diaryl/α,β-unsaturated/α-hetero) is 1. The molecule has 0 aromatic heterocycles. The zero-order valence-corrected chi connectivity index (χ0v) is 8.76. The van der Waals surface area contributed by atoms with Crippen LogP contribution in [0.1, 0.15) is 39.5 Å². The van der Waals surface area contributed by atoms with Crippen LogP contribution in [0, 0.1) is 0 Å². The van der Waals surface area contributed by atoms with Gasteiger partial charge in [-0.1, -0.05) is 26.7 Å². The molecule has 0 aromatic rings. The fourth-order valence-electron chi connectivity index (χ4n) is 1.34. The lowest BCUT2D eigenvalue weighted by Gasteiger charge is -2.22. The zero-order chi connectivity index (χ0) is 9.56. The van der Waals surface area contributed by atoms with Crippen molar-refractivity contribution in [2.75, 3.05) is 14.1 Å². The van der Waals surface area contributed by atoms with E-state index in [1.54, 1.807) is 0 Å². The first-order chi connectivity index (χ1) is 5.63. The predicted molar refractivity (Wildman–Crippen MR) is 52.3 cm³/mol. The monoisotopic (exact) mass is 171 g/mol. The summed E-state index contributed by atoms with van der Waals surface area (Å²) >= 11 is 0. The van der Waals surface area contributed by atoms with Gasteiger partial charge < -0.3 is 0 Å². The molecule has 12 heavy (non-hydrogen) atoms. The third kappa shape index (κ3) is 3.86. The van der Waals surface area contributed by atoms with Crippen LogP contribution >= 0.6 is 0 Å². The van der Waals surface area contributed by atoms with E-state index in [1.165, 1.54) is 6.42 Å².